The molecule has 1 saturated heterocycles. The van der Waals surface area contributed by atoms with Gasteiger partial charge in [0.15, 0.2) is 5.65 Å². The van der Waals surface area contributed by atoms with Crippen LogP contribution in [0.2, 0.25) is 0 Å². The van der Waals surface area contributed by atoms with Crippen LogP contribution in [0.5, 0.6) is 0 Å². The van der Waals surface area contributed by atoms with Crippen molar-refractivity contribution in [3.8, 4) is 0 Å². The summed E-state index contributed by atoms with van der Waals surface area (Å²) in [4.78, 5) is 21.6. The summed E-state index contributed by atoms with van der Waals surface area (Å²) in [5.41, 5.74) is 1.78. The Bertz CT molecular complexity index is 968. The van der Waals surface area contributed by atoms with E-state index in [-0.39, 0.29) is 11.6 Å². The van der Waals surface area contributed by atoms with E-state index in [0.29, 0.717) is 19.0 Å². The van der Waals surface area contributed by atoms with Crippen LogP contribution in [-0.2, 0) is 6.42 Å². The van der Waals surface area contributed by atoms with E-state index in [9.17, 15) is 13.2 Å². The maximum absolute atomic E-state index is 12.5. The van der Waals surface area contributed by atoms with Gasteiger partial charge in [0.25, 0.3) is 0 Å². The van der Waals surface area contributed by atoms with Gasteiger partial charge in [0.05, 0.1) is 12.1 Å². The second-order valence-electron chi connectivity index (χ2n) is 7.17. The molecule has 29 heavy (non-hydrogen) atoms. The summed E-state index contributed by atoms with van der Waals surface area (Å²) >= 11 is 0. The standard InChI is InChI=1S/C20H21F3N6/c1-14(17-5-4-16-3-2-6-24-18(16)27-17)28-7-9-29(10-8-28)19-25-12-15(13-26-19)11-20(21,22)23/h2-6,12-14H,7-11H2,1H3. The molecule has 3 aromatic heterocycles. The van der Waals surface area contributed by atoms with Crippen LogP contribution in [0.25, 0.3) is 11.0 Å². The Balaban J connectivity index is 1.38. The normalized spacial score (nSPS) is 16.9. The molecule has 0 saturated carbocycles. The molecule has 1 unspecified atom stereocenters. The lowest BCUT2D eigenvalue weighted by molar-refractivity contribution is -0.127. The molecule has 0 radical (unpaired) electrons. The third kappa shape index (κ3) is 4.61. The van der Waals surface area contributed by atoms with Gasteiger partial charge in [-0.3, -0.25) is 4.90 Å². The van der Waals surface area contributed by atoms with Crippen molar-refractivity contribution in [1.82, 2.24) is 24.8 Å². The molecule has 6 nitrogen and oxygen atoms in total. The summed E-state index contributed by atoms with van der Waals surface area (Å²) in [6.45, 7) is 5.10. The number of pyridine rings is 2. The van der Waals surface area contributed by atoms with Crippen molar-refractivity contribution in [2.75, 3.05) is 31.1 Å². The minimum Gasteiger partial charge on any atom is -0.338 e. The van der Waals surface area contributed by atoms with Crippen LogP contribution in [0.3, 0.4) is 0 Å². The summed E-state index contributed by atoms with van der Waals surface area (Å²) in [6.07, 6.45) is -0.999. The van der Waals surface area contributed by atoms with Crippen LogP contribution in [0.4, 0.5) is 19.1 Å². The van der Waals surface area contributed by atoms with E-state index in [2.05, 4.69) is 31.8 Å². The topological polar surface area (TPSA) is 58.0 Å². The number of anilines is 1. The average Bonchev–Trinajstić information content (AvgIpc) is 2.72. The molecule has 1 aliphatic heterocycles. The van der Waals surface area contributed by atoms with Gasteiger partial charge in [0.2, 0.25) is 5.95 Å². The van der Waals surface area contributed by atoms with Gasteiger partial charge in [0, 0.05) is 56.2 Å². The summed E-state index contributed by atoms with van der Waals surface area (Å²) in [7, 11) is 0. The molecule has 0 amide bonds. The van der Waals surface area contributed by atoms with Gasteiger partial charge >= 0.3 is 6.18 Å². The number of hydrogen-bond donors (Lipinski definition) is 0. The summed E-state index contributed by atoms with van der Waals surface area (Å²) in [5, 5.41) is 1.01. The molecule has 0 bridgehead atoms. The van der Waals surface area contributed by atoms with Crippen molar-refractivity contribution in [3.05, 3.63) is 54.1 Å². The highest BCUT2D eigenvalue weighted by Crippen LogP contribution is 2.24. The molecule has 1 atom stereocenters. The van der Waals surface area contributed by atoms with E-state index in [1.165, 1.54) is 12.4 Å². The summed E-state index contributed by atoms with van der Waals surface area (Å²) in [5.74, 6) is 0.469. The highest BCUT2D eigenvalue weighted by Gasteiger charge is 2.28. The lowest BCUT2D eigenvalue weighted by atomic mass is 10.1. The predicted molar refractivity (Wildman–Crippen MR) is 104 cm³/mol. The number of fused-ring (bicyclic) bond motifs is 1. The Morgan fingerprint density at radius 3 is 2.41 bits per heavy atom. The predicted octanol–water partition coefficient (Wildman–Crippen LogP) is 3.41. The van der Waals surface area contributed by atoms with E-state index in [4.69, 9.17) is 0 Å². The van der Waals surface area contributed by atoms with Gasteiger partial charge in [-0.2, -0.15) is 13.2 Å². The first-order valence-corrected chi connectivity index (χ1v) is 9.47. The number of piperazine rings is 1. The number of nitrogens with zero attached hydrogens (tertiary/aromatic N) is 6. The molecule has 9 heteroatoms. The molecule has 3 aromatic rings. The Labute approximate surface area is 166 Å². The maximum atomic E-state index is 12.5. The smallest absolute Gasteiger partial charge is 0.338 e. The largest absolute Gasteiger partial charge is 0.393 e. The first-order chi connectivity index (χ1) is 13.9. The Kier molecular flexibility index (Phi) is 5.31. The second-order valence-corrected chi connectivity index (χ2v) is 7.17. The van der Waals surface area contributed by atoms with E-state index in [1.54, 1.807) is 6.20 Å². The van der Waals surface area contributed by atoms with Crippen molar-refractivity contribution in [2.24, 2.45) is 0 Å². The molecule has 0 spiro atoms. The first-order valence-electron chi connectivity index (χ1n) is 9.47. The number of aromatic nitrogens is 4. The number of hydrogen-bond acceptors (Lipinski definition) is 6. The second kappa shape index (κ2) is 7.90. The van der Waals surface area contributed by atoms with E-state index >= 15 is 0 Å². The van der Waals surface area contributed by atoms with E-state index in [1.807, 2.05) is 29.2 Å². The first kappa shape index (κ1) is 19.5. The maximum Gasteiger partial charge on any atom is 0.393 e. The molecular weight excluding hydrogens is 381 g/mol. The van der Waals surface area contributed by atoms with Crippen molar-refractivity contribution in [3.63, 3.8) is 0 Å². The minimum atomic E-state index is -4.25. The van der Waals surface area contributed by atoms with Crippen LogP contribution in [0.15, 0.2) is 42.9 Å². The van der Waals surface area contributed by atoms with Crippen LogP contribution in [-0.4, -0.2) is 57.2 Å². The average molecular weight is 402 g/mol. The number of alkyl halides is 3. The van der Waals surface area contributed by atoms with E-state index in [0.717, 1.165) is 29.8 Å². The molecule has 1 fully saturated rings. The van der Waals surface area contributed by atoms with Crippen molar-refractivity contribution in [1.29, 1.82) is 0 Å². The minimum absolute atomic E-state index is 0.0736. The van der Waals surface area contributed by atoms with Crippen LogP contribution in [0, 0.1) is 0 Å². The highest BCUT2D eigenvalue weighted by atomic mass is 19.4. The molecule has 0 N–H and O–H groups in total. The monoisotopic (exact) mass is 402 g/mol. The van der Waals surface area contributed by atoms with Crippen molar-refractivity contribution < 1.29 is 13.2 Å². The van der Waals surface area contributed by atoms with Crippen molar-refractivity contribution >= 4 is 17.0 Å². The SMILES string of the molecule is CC(c1ccc2cccnc2n1)N1CCN(c2ncc(CC(F)(F)F)cn2)CC1. The van der Waals surface area contributed by atoms with Gasteiger partial charge in [-0.1, -0.05) is 0 Å². The zero-order valence-corrected chi connectivity index (χ0v) is 16.0. The quantitative estimate of drug-likeness (QED) is 0.667. The van der Waals surface area contributed by atoms with Crippen molar-refractivity contribution in [2.45, 2.75) is 25.6 Å². The summed E-state index contributed by atoms with van der Waals surface area (Å²) < 4.78 is 37.4. The third-order valence-electron chi connectivity index (χ3n) is 5.15. The molecular formula is C20H21F3N6. The Hall–Kier alpha value is -2.81. The molecule has 1 aliphatic rings. The van der Waals surface area contributed by atoms with Gasteiger partial charge in [0.1, 0.15) is 0 Å². The lowest BCUT2D eigenvalue weighted by Gasteiger charge is -2.37. The zero-order chi connectivity index (χ0) is 20.4. The molecule has 0 aliphatic carbocycles. The molecule has 152 valence electrons. The van der Waals surface area contributed by atoms with Crippen LogP contribution >= 0.6 is 0 Å². The lowest BCUT2D eigenvalue weighted by Crippen LogP contribution is -2.47. The number of halogens is 3. The zero-order valence-electron chi connectivity index (χ0n) is 16.0. The van der Waals surface area contributed by atoms with Crippen LogP contribution in [0.1, 0.15) is 24.2 Å². The Morgan fingerprint density at radius 2 is 1.72 bits per heavy atom. The summed E-state index contributed by atoms with van der Waals surface area (Å²) in [6, 6.07) is 8.09. The van der Waals surface area contributed by atoms with Gasteiger partial charge in [-0.25, -0.2) is 19.9 Å². The fourth-order valence-electron chi connectivity index (χ4n) is 3.53. The third-order valence-corrected chi connectivity index (χ3v) is 5.15. The fraction of sp³-hybridized carbons (Fsp3) is 0.400. The molecule has 4 rings (SSSR count). The van der Waals surface area contributed by atoms with Gasteiger partial charge in [-0.05, 0) is 36.8 Å². The Morgan fingerprint density at radius 1 is 1.00 bits per heavy atom. The van der Waals surface area contributed by atoms with Crippen LogP contribution < -0.4 is 4.90 Å². The molecule has 4 heterocycles. The fourth-order valence-corrected chi connectivity index (χ4v) is 3.53. The van der Waals surface area contributed by atoms with Gasteiger partial charge < -0.3 is 4.90 Å². The van der Waals surface area contributed by atoms with E-state index < -0.39 is 12.6 Å². The van der Waals surface area contributed by atoms with Gasteiger partial charge in [-0.15, -0.1) is 0 Å². The molecule has 0 aromatic carbocycles. The number of rotatable bonds is 4. The highest BCUT2D eigenvalue weighted by molar-refractivity contribution is 5.74.